The summed E-state index contributed by atoms with van der Waals surface area (Å²) in [5.41, 5.74) is 0.539. The van der Waals surface area contributed by atoms with Crippen LogP contribution in [0.2, 0.25) is 0 Å². The van der Waals surface area contributed by atoms with Crippen LogP contribution in [0, 0.1) is 5.82 Å². The van der Waals surface area contributed by atoms with Gasteiger partial charge < -0.3 is 14.6 Å². The highest BCUT2D eigenvalue weighted by Crippen LogP contribution is 2.43. The minimum Gasteiger partial charge on any atom is -0.490 e. The first-order valence-corrected chi connectivity index (χ1v) is 6.91. The topological polar surface area (TPSA) is 38.7 Å². The Labute approximate surface area is 112 Å². The smallest absolute Gasteiger partial charge is 0.125 e. The third-order valence-electron chi connectivity index (χ3n) is 4.20. The molecule has 19 heavy (non-hydrogen) atoms. The van der Waals surface area contributed by atoms with E-state index in [4.69, 9.17) is 9.47 Å². The van der Waals surface area contributed by atoms with Crippen LogP contribution in [0.4, 0.5) is 4.39 Å². The average Bonchev–Trinajstić information content (AvgIpc) is 2.39. The van der Waals surface area contributed by atoms with E-state index in [0.29, 0.717) is 11.3 Å². The van der Waals surface area contributed by atoms with Crippen LogP contribution >= 0.6 is 0 Å². The lowest BCUT2D eigenvalue weighted by atomic mass is 9.74. The van der Waals surface area contributed by atoms with Crippen molar-refractivity contribution in [3.63, 3.8) is 0 Å². The summed E-state index contributed by atoms with van der Waals surface area (Å²) in [7, 11) is 0. The standard InChI is InChI=1S/C15H19FO3/c16-12-2-3-14(11(8-12)10-17)19-13-4-7-18-15(9-13)5-1-6-15/h2-3,8,13,17H,1,4-7,9-10H2. The quantitative estimate of drug-likeness (QED) is 0.914. The van der Waals surface area contributed by atoms with Gasteiger partial charge in [0.05, 0.1) is 18.8 Å². The average molecular weight is 266 g/mol. The molecule has 0 radical (unpaired) electrons. The van der Waals surface area contributed by atoms with Crippen LogP contribution in [0.1, 0.15) is 37.7 Å². The number of rotatable bonds is 3. The fraction of sp³-hybridized carbons (Fsp3) is 0.600. The maximum absolute atomic E-state index is 13.1. The number of aliphatic hydroxyl groups excluding tert-OH is 1. The maximum Gasteiger partial charge on any atom is 0.125 e. The van der Waals surface area contributed by atoms with Gasteiger partial charge in [0.25, 0.3) is 0 Å². The van der Waals surface area contributed by atoms with E-state index in [2.05, 4.69) is 0 Å². The molecule has 1 spiro atoms. The van der Waals surface area contributed by atoms with E-state index in [0.717, 1.165) is 32.3 Å². The largest absolute Gasteiger partial charge is 0.490 e. The van der Waals surface area contributed by atoms with E-state index < -0.39 is 0 Å². The zero-order chi connectivity index (χ0) is 13.3. The molecule has 2 fully saturated rings. The van der Waals surface area contributed by atoms with Crippen LogP contribution in [0.15, 0.2) is 18.2 Å². The summed E-state index contributed by atoms with van der Waals surface area (Å²) in [4.78, 5) is 0. The molecule has 1 atom stereocenters. The predicted molar refractivity (Wildman–Crippen MR) is 68.5 cm³/mol. The lowest BCUT2D eigenvalue weighted by molar-refractivity contribution is -0.153. The molecule has 1 N–H and O–H groups in total. The van der Waals surface area contributed by atoms with Crippen LogP contribution in [0.3, 0.4) is 0 Å². The molecule has 1 aromatic rings. The molecule has 4 heteroatoms. The van der Waals surface area contributed by atoms with Gasteiger partial charge in [-0.25, -0.2) is 4.39 Å². The number of hydrogen-bond acceptors (Lipinski definition) is 3. The van der Waals surface area contributed by atoms with Crippen LogP contribution < -0.4 is 4.74 Å². The van der Waals surface area contributed by atoms with Gasteiger partial charge in [-0.3, -0.25) is 0 Å². The Hall–Kier alpha value is -1.13. The third-order valence-corrected chi connectivity index (χ3v) is 4.20. The van der Waals surface area contributed by atoms with E-state index in [1.165, 1.54) is 18.6 Å². The summed E-state index contributed by atoms with van der Waals surface area (Å²) in [5, 5.41) is 9.26. The van der Waals surface area contributed by atoms with E-state index >= 15 is 0 Å². The second kappa shape index (κ2) is 5.10. The lowest BCUT2D eigenvalue weighted by Crippen LogP contribution is -2.48. The van der Waals surface area contributed by atoms with Gasteiger partial charge >= 0.3 is 0 Å². The summed E-state index contributed by atoms with van der Waals surface area (Å²) in [6.45, 7) is 0.516. The monoisotopic (exact) mass is 266 g/mol. The van der Waals surface area contributed by atoms with Crippen molar-refractivity contribution in [3.8, 4) is 5.75 Å². The van der Waals surface area contributed by atoms with Crippen LogP contribution in [0.5, 0.6) is 5.75 Å². The Morgan fingerprint density at radius 3 is 2.95 bits per heavy atom. The van der Waals surface area contributed by atoms with Crippen LogP contribution in [-0.4, -0.2) is 23.4 Å². The summed E-state index contributed by atoms with van der Waals surface area (Å²) < 4.78 is 24.9. The fourth-order valence-electron chi connectivity index (χ4n) is 2.97. The summed E-state index contributed by atoms with van der Waals surface area (Å²) in [6.07, 6.45) is 5.31. The van der Waals surface area contributed by atoms with Gasteiger partial charge in [-0.1, -0.05) is 0 Å². The third kappa shape index (κ3) is 2.60. The van der Waals surface area contributed by atoms with E-state index in [1.807, 2.05) is 0 Å². The molecule has 3 rings (SSSR count). The molecule has 0 bridgehead atoms. The highest BCUT2D eigenvalue weighted by Gasteiger charge is 2.43. The molecular formula is C15H19FO3. The molecule has 1 aliphatic carbocycles. The van der Waals surface area contributed by atoms with Gasteiger partial charge in [0.2, 0.25) is 0 Å². The lowest BCUT2D eigenvalue weighted by Gasteiger charge is -2.47. The van der Waals surface area contributed by atoms with Gasteiger partial charge in [0, 0.05) is 18.4 Å². The molecule has 2 aliphatic rings. The number of benzene rings is 1. The first-order valence-electron chi connectivity index (χ1n) is 6.91. The highest BCUT2D eigenvalue weighted by molar-refractivity contribution is 5.33. The molecule has 0 amide bonds. The Morgan fingerprint density at radius 1 is 1.42 bits per heavy atom. The number of halogens is 1. The van der Waals surface area contributed by atoms with Crippen LogP contribution in [0.25, 0.3) is 0 Å². The molecule has 104 valence electrons. The summed E-state index contributed by atoms with van der Waals surface area (Å²) in [6, 6.07) is 4.30. The molecule has 1 saturated carbocycles. The van der Waals surface area contributed by atoms with Crippen molar-refractivity contribution in [2.24, 2.45) is 0 Å². The van der Waals surface area contributed by atoms with Crippen molar-refractivity contribution in [1.82, 2.24) is 0 Å². The molecule has 1 aromatic carbocycles. The molecule has 1 unspecified atom stereocenters. The molecule has 1 saturated heterocycles. The normalized spacial score (nSPS) is 25.1. The number of ether oxygens (including phenoxy) is 2. The second-order valence-corrected chi connectivity index (χ2v) is 5.53. The van der Waals surface area contributed by atoms with E-state index in [-0.39, 0.29) is 24.1 Å². The summed E-state index contributed by atoms with van der Waals surface area (Å²) >= 11 is 0. The van der Waals surface area contributed by atoms with Gasteiger partial charge in [0.15, 0.2) is 0 Å². The first-order chi connectivity index (χ1) is 9.21. The first kappa shape index (κ1) is 12.9. The van der Waals surface area contributed by atoms with Crippen molar-refractivity contribution in [2.75, 3.05) is 6.61 Å². The highest BCUT2D eigenvalue weighted by atomic mass is 19.1. The van der Waals surface area contributed by atoms with Crippen molar-refractivity contribution < 1.29 is 19.0 Å². The van der Waals surface area contributed by atoms with Gasteiger partial charge in [0.1, 0.15) is 17.7 Å². The van der Waals surface area contributed by atoms with Crippen molar-refractivity contribution >= 4 is 0 Å². The maximum atomic E-state index is 13.1. The molecule has 3 nitrogen and oxygen atoms in total. The van der Waals surface area contributed by atoms with E-state index in [9.17, 15) is 9.50 Å². The zero-order valence-corrected chi connectivity index (χ0v) is 10.9. The van der Waals surface area contributed by atoms with Gasteiger partial charge in [-0.05, 0) is 37.5 Å². The van der Waals surface area contributed by atoms with Gasteiger partial charge in [-0.15, -0.1) is 0 Å². The van der Waals surface area contributed by atoms with Crippen molar-refractivity contribution in [1.29, 1.82) is 0 Å². The Bertz CT molecular complexity index is 457. The zero-order valence-electron chi connectivity index (χ0n) is 10.9. The number of hydrogen-bond donors (Lipinski definition) is 1. The minimum atomic E-state index is -0.348. The minimum absolute atomic E-state index is 0.0301. The van der Waals surface area contributed by atoms with Crippen molar-refractivity contribution in [3.05, 3.63) is 29.6 Å². The summed E-state index contributed by atoms with van der Waals surface area (Å²) in [5.74, 6) is 0.240. The Kier molecular flexibility index (Phi) is 3.46. The molecular weight excluding hydrogens is 247 g/mol. The molecule has 1 heterocycles. The second-order valence-electron chi connectivity index (χ2n) is 5.53. The molecule has 0 aromatic heterocycles. The van der Waals surface area contributed by atoms with Gasteiger partial charge in [-0.2, -0.15) is 0 Å². The predicted octanol–water partition coefficient (Wildman–Crippen LogP) is 2.80. The number of aliphatic hydroxyl groups is 1. The fourth-order valence-corrected chi connectivity index (χ4v) is 2.97. The molecule has 1 aliphatic heterocycles. The Balaban J connectivity index is 1.70. The SMILES string of the molecule is OCc1cc(F)ccc1OC1CCOC2(CCC2)C1. The Morgan fingerprint density at radius 2 is 2.26 bits per heavy atom. The van der Waals surface area contributed by atoms with Crippen LogP contribution in [-0.2, 0) is 11.3 Å². The van der Waals surface area contributed by atoms with E-state index in [1.54, 1.807) is 6.07 Å². The van der Waals surface area contributed by atoms with Crippen molar-refractivity contribution in [2.45, 2.75) is 50.4 Å².